The molecule has 7 nitrogen and oxygen atoms in total. The number of halogens is 1. The van der Waals surface area contributed by atoms with Crippen molar-refractivity contribution in [3.8, 4) is 0 Å². The molecule has 0 saturated carbocycles. The number of aliphatic hydroxyl groups excluding tert-OH is 1. The van der Waals surface area contributed by atoms with Crippen LogP contribution in [0.25, 0.3) is 0 Å². The largest absolute Gasteiger partial charge is 1.00 e. The van der Waals surface area contributed by atoms with Crippen LogP contribution in [0.4, 0.5) is 4.79 Å². The van der Waals surface area contributed by atoms with E-state index in [-0.39, 0.29) is 159 Å². The van der Waals surface area contributed by atoms with Crippen LogP contribution in [-0.2, 0) is 15.9 Å². The molecule has 2 aliphatic heterocycles. The first-order chi connectivity index (χ1) is 12.7. The molecule has 1 amide bonds. The summed E-state index contributed by atoms with van der Waals surface area (Å²) in [4.78, 5) is 14.2. The molecular weight excluding hydrogens is 724 g/mol. The van der Waals surface area contributed by atoms with Crippen molar-refractivity contribution in [1.29, 1.82) is 0 Å². The minimum Gasteiger partial charge on any atom is -0.444 e. The molecule has 0 aromatic carbocycles. The Hall–Kier alpha value is 3.36. The van der Waals surface area contributed by atoms with Crippen LogP contribution in [0, 0.1) is 20.3 Å². The third-order valence-electron chi connectivity index (χ3n) is 4.03. The van der Waals surface area contributed by atoms with Crippen LogP contribution in [0.5, 0.6) is 0 Å². The Morgan fingerprint density at radius 1 is 1.32 bits per heavy atom. The fourth-order valence-corrected chi connectivity index (χ4v) is 3.88. The zero-order valence-corrected chi connectivity index (χ0v) is 35.4. The summed E-state index contributed by atoms with van der Waals surface area (Å²) < 4.78 is 10.7. The minimum absolute atomic E-state index is 0. The molecule has 0 bridgehead atoms. The topological polar surface area (TPSA) is 107 Å². The van der Waals surface area contributed by atoms with Gasteiger partial charge in [-0.15, -0.1) is 11.3 Å². The molecule has 1 spiro atoms. The number of ether oxygens (including phenoxy) is 2. The first-order valence-corrected chi connectivity index (χ1v) is 10.8. The van der Waals surface area contributed by atoms with Gasteiger partial charge in [0.2, 0.25) is 0 Å². The number of thiazole rings is 1. The number of hydrogen-bond acceptors (Lipinski definition) is 7. The molecule has 0 radical (unpaired) electrons. The summed E-state index contributed by atoms with van der Waals surface area (Å²) in [7, 11) is 0. The van der Waals surface area contributed by atoms with E-state index < -0.39 is 11.7 Å². The number of aromatic nitrogens is 1. The zero-order valence-electron chi connectivity index (χ0n) is 20.4. The normalized spacial score (nSPS) is 15.4. The number of rotatable bonds is 3. The van der Waals surface area contributed by atoms with Crippen molar-refractivity contribution in [2.24, 2.45) is 11.1 Å². The van der Waals surface area contributed by atoms with Gasteiger partial charge in [0, 0.05) is 44.7 Å². The van der Waals surface area contributed by atoms with E-state index in [0.717, 1.165) is 35.7 Å². The van der Waals surface area contributed by atoms with Gasteiger partial charge in [0.05, 0.1) is 5.01 Å². The molecule has 0 unspecified atom stereocenters. The standard InChI is InChI=1S/C7H13NO.C6H8BrNOS.C5H11NO2.2CH3.2Cs/c1-3-9-4-2-7(1)5-8-6-7;7-5-4-10-6(8-5)2-1-3-9;1-5(2,3)8-4(6)7;;;;/h8H,1-6H2;4,9H,1-3H2;1-3H3,(H2,6,7);2*1H3;;/q;;;2*-1;2*+1. The maximum Gasteiger partial charge on any atom is 1.00 e. The number of nitrogens with two attached hydrogens (primary N) is 1. The van der Waals surface area contributed by atoms with Crippen LogP contribution in [0.15, 0.2) is 9.98 Å². The Morgan fingerprint density at radius 2 is 1.87 bits per heavy atom. The number of nitrogens with one attached hydrogen (secondary N) is 1. The summed E-state index contributed by atoms with van der Waals surface area (Å²) in [6.45, 7) is 9.97. The Bertz CT molecular complexity index is 563. The van der Waals surface area contributed by atoms with Crippen molar-refractivity contribution < 1.29 is 157 Å². The van der Waals surface area contributed by atoms with Gasteiger partial charge >= 0.3 is 144 Å². The predicted molar refractivity (Wildman–Crippen MR) is 124 cm³/mol. The van der Waals surface area contributed by atoms with Gasteiger partial charge in [0.25, 0.3) is 0 Å². The van der Waals surface area contributed by atoms with E-state index in [2.05, 4.69) is 31.0 Å². The molecule has 1 aromatic rings. The van der Waals surface area contributed by atoms with Crippen molar-refractivity contribution in [3.63, 3.8) is 0 Å². The van der Waals surface area contributed by atoms with Crippen LogP contribution < -0.4 is 149 Å². The second-order valence-corrected chi connectivity index (χ2v) is 9.40. The number of carbonyl (C=O) groups is 1. The second kappa shape index (κ2) is 22.6. The van der Waals surface area contributed by atoms with Crippen LogP contribution >= 0.6 is 27.3 Å². The summed E-state index contributed by atoms with van der Waals surface area (Å²) in [5, 5.41) is 14.9. The van der Waals surface area contributed by atoms with E-state index in [9.17, 15) is 4.79 Å². The van der Waals surface area contributed by atoms with Crippen LogP contribution in [0.1, 0.15) is 45.0 Å². The van der Waals surface area contributed by atoms with E-state index in [1.54, 1.807) is 32.1 Å². The molecule has 0 atom stereocenters. The molecule has 1 aromatic heterocycles. The quantitative estimate of drug-likeness (QED) is 0.309. The van der Waals surface area contributed by atoms with E-state index >= 15 is 0 Å². The maximum atomic E-state index is 10.0. The van der Waals surface area contributed by atoms with Crippen molar-refractivity contribution in [2.45, 2.75) is 52.1 Å². The van der Waals surface area contributed by atoms with Gasteiger partial charge in [-0.3, -0.25) is 0 Å². The van der Waals surface area contributed by atoms with Crippen LogP contribution in [0.3, 0.4) is 0 Å². The monoisotopic (exact) mass is 761 g/mol. The van der Waals surface area contributed by atoms with Crippen molar-refractivity contribution >= 4 is 33.4 Å². The van der Waals surface area contributed by atoms with Gasteiger partial charge in [0.1, 0.15) is 10.2 Å². The van der Waals surface area contributed by atoms with Gasteiger partial charge < -0.3 is 40.5 Å². The van der Waals surface area contributed by atoms with Gasteiger partial charge in [0.15, 0.2) is 0 Å². The molecule has 11 heteroatoms. The Morgan fingerprint density at radius 3 is 2.13 bits per heavy atom. The molecule has 2 fully saturated rings. The van der Waals surface area contributed by atoms with Gasteiger partial charge in [-0.2, -0.15) is 0 Å². The van der Waals surface area contributed by atoms with Gasteiger partial charge in [-0.25, -0.2) is 9.78 Å². The molecule has 2 saturated heterocycles. The Kier molecular flexibility index (Phi) is 30.2. The van der Waals surface area contributed by atoms with Crippen molar-refractivity contribution in [3.05, 3.63) is 29.8 Å². The van der Waals surface area contributed by atoms with E-state index in [0.29, 0.717) is 5.41 Å². The van der Waals surface area contributed by atoms with E-state index in [4.69, 9.17) is 15.6 Å². The third kappa shape index (κ3) is 21.2. The summed E-state index contributed by atoms with van der Waals surface area (Å²) in [6.07, 6.45) is 3.52. The molecular formula is C20H38BrCs2N3O4S. The number of carbonyl (C=O) groups excluding carboxylic acids is 1. The molecule has 2 aliphatic rings. The zero-order chi connectivity index (χ0) is 20.3. The molecule has 4 N–H and O–H groups in total. The van der Waals surface area contributed by atoms with Gasteiger partial charge in [-0.1, -0.05) is 0 Å². The van der Waals surface area contributed by atoms with E-state index in [1.165, 1.54) is 25.9 Å². The van der Waals surface area contributed by atoms with Crippen molar-refractivity contribution in [1.82, 2.24) is 10.3 Å². The molecule has 31 heavy (non-hydrogen) atoms. The summed E-state index contributed by atoms with van der Waals surface area (Å²) >= 11 is 4.88. The maximum absolute atomic E-state index is 10.0. The third-order valence-corrected chi connectivity index (χ3v) is 5.65. The number of primary amides is 1. The SMILES string of the molecule is C1CC2(CCO1)CNC2.CC(C)(C)OC(N)=O.OCCCc1nc(Br)cs1.[CH3-].[CH3-].[Cs+].[Cs+]. The molecule has 172 valence electrons. The second-order valence-electron chi connectivity index (χ2n) is 7.64. The smallest absolute Gasteiger partial charge is 0.444 e. The van der Waals surface area contributed by atoms with Gasteiger partial charge in [-0.05, 0) is 61.4 Å². The number of aryl methyl sites for hydroxylation is 1. The molecule has 3 heterocycles. The number of amides is 1. The van der Waals surface area contributed by atoms with Crippen molar-refractivity contribution in [2.75, 3.05) is 32.9 Å². The number of nitrogens with zero attached hydrogens (tertiary/aromatic N) is 1. The Balaban J connectivity index is -0.000000167. The van der Waals surface area contributed by atoms with Crippen LogP contribution in [-0.4, -0.2) is 54.7 Å². The minimum atomic E-state index is -0.725. The van der Waals surface area contributed by atoms with Crippen LogP contribution in [0.2, 0.25) is 0 Å². The molecule has 0 aliphatic carbocycles. The fraction of sp³-hybridized carbons (Fsp3) is 0.700. The summed E-state index contributed by atoms with van der Waals surface area (Å²) in [5.41, 5.74) is 4.93. The first-order valence-electron chi connectivity index (χ1n) is 9.13. The fourth-order valence-electron chi connectivity index (χ4n) is 2.57. The predicted octanol–water partition coefficient (Wildman–Crippen LogP) is -1.99. The molecule has 3 rings (SSSR count). The Labute approximate surface area is 319 Å². The average Bonchev–Trinajstić information content (AvgIpc) is 2.96. The number of hydrogen-bond donors (Lipinski definition) is 3. The number of aliphatic hydroxyl groups is 1. The summed E-state index contributed by atoms with van der Waals surface area (Å²) in [6, 6.07) is 0. The van der Waals surface area contributed by atoms with E-state index in [1.807, 2.05) is 5.38 Å². The summed E-state index contributed by atoms with van der Waals surface area (Å²) in [5.74, 6) is 0. The average molecular weight is 762 g/mol. The first kappa shape index (κ1) is 41.5.